The van der Waals surface area contributed by atoms with E-state index in [4.69, 9.17) is 23.2 Å². The predicted octanol–water partition coefficient (Wildman–Crippen LogP) is 2.53. The van der Waals surface area contributed by atoms with Crippen LogP contribution in [0.5, 0.6) is 5.75 Å². The maximum absolute atomic E-state index is 12.4. The van der Waals surface area contributed by atoms with E-state index in [1.807, 2.05) is 0 Å². The van der Waals surface area contributed by atoms with Crippen molar-refractivity contribution in [1.82, 2.24) is 9.97 Å². The molecule has 1 N–H and O–H groups in total. The van der Waals surface area contributed by atoms with E-state index < -0.39 is 15.6 Å². The summed E-state index contributed by atoms with van der Waals surface area (Å²) in [5.41, 5.74) is 0.0113. The third-order valence-electron chi connectivity index (χ3n) is 2.82. The summed E-state index contributed by atoms with van der Waals surface area (Å²) < 4.78 is 24.8. The Labute approximate surface area is 138 Å². The van der Waals surface area contributed by atoms with E-state index >= 15 is 0 Å². The van der Waals surface area contributed by atoms with Crippen LogP contribution in [0.25, 0.3) is 0 Å². The number of anilines is 1. The van der Waals surface area contributed by atoms with Gasteiger partial charge in [0.05, 0.1) is 20.6 Å². The van der Waals surface area contributed by atoms with Gasteiger partial charge in [-0.1, -0.05) is 23.2 Å². The van der Waals surface area contributed by atoms with Gasteiger partial charge in [0, 0.05) is 32.6 Å². The summed E-state index contributed by atoms with van der Waals surface area (Å²) in [5, 5.41) is 10.2. The van der Waals surface area contributed by atoms with Gasteiger partial charge >= 0.3 is 0 Å². The lowest BCUT2D eigenvalue weighted by molar-refractivity contribution is 0.466. The summed E-state index contributed by atoms with van der Waals surface area (Å²) in [6.07, 6.45) is 2.50. The third-order valence-corrected chi connectivity index (χ3v) is 4.90. The van der Waals surface area contributed by atoms with Gasteiger partial charge in [0.2, 0.25) is 0 Å². The molecule has 0 aromatic carbocycles. The topological polar surface area (TPSA) is 83.4 Å². The summed E-state index contributed by atoms with van der Waals surface area (Å²) in [4.78, 5) is 9.50. The quantitative estimate of drug-likeness (QED) is 0.900. The smallest absolute Gasteiger partial charge is 0.185 e. The molecular formula is C13H13Cl2N3O3S. The van der Waals surface area contributed by atoms with E-state index in [-0.39, 0.29) is 26.4 Å². The SMILES string of the molecule is CN(C)c1ncc(S(=O)(=O)Cc2ncc(Cl)cc2O)cc1Cl. The monoisotopic (exact) mass is 361 g/mol. The highest BCUT2D eigenvalue weighted by Gasteiger charge is 2.21. The zero-order valence-electron chi connectivity index (χ0n) is 11.8. The molecule has 0 spiro atoms. The van der Waals surface area contributed by atoms with Gasteiger partial charge in [0.1, 0.15) is 17.3 Å². The molecule has 0 unspecified atom stereocenters. The van der Waals surface area contributed by atoms with E-state index in [1.165, 1.54) is 24.5 Å². The summed E-state index contributed by atoms with van der Waals surface area (Å²) >= 11 is 11.7. The Bertz CT molecular complexity index is 810. The molecule has 0 amide bonds. The van der Waals surface area contributed by atoms with Crippen molar-refractivity contribution in [2.24, 2.45) is 0 Å². The number of rotatable bonds is 4. The lowest BCUT2D eigenvalue weighted by atomic mass is 10.3. The van der Waals surface area contributed by atoms with Crippen molar-refractivity contribution in [2.75, 3.05) is 19.0 Å². The number of aromatic nitrogens is 2. The Morgan fingerprint density at radius 2 is 1.86 bits per heavy atom. The van der Waals surface area contributed by atoms with Crippen LogP contribution in [0.4, 0.5) is 5.82 Å². The van der Waals surface area contributed by atoms with Crippen LogP contribution in [0.1, 0.15) is 5.69 Å². The van der Waals surface area contributed by atoms with E-state index in [2.05, 4.69) is 9.97 Å². The molecule has 6 nitrogen and oxygen atoms in total. The van der Waals surface area contributed by atoms with Crippen LogP contribution in [-0.2, 0) is 15.6 Å². The lowest BCUT2D eigenvalue weighted by Crippen LogP contribution is -2.13. The molecule has 0 aliphatic heterocycles. The first-order chi connectivity index (χ1) is 10.2. The number of halogens is 2. The van der Waals surface area contributed by atoms with E-state index in [1.54, 1.807) is 19.0 Å². The molecule has 118 valence electrons. The predicted molar refractivity (Wildman–Crippen MR) is 85.4 cm³/mol. The van der Waals surface area contributed by atoms with Gasteiger partial charge in [-0.25, -0.2) is 13.4 Å². The number of hydrogen-bond donors (Lipinski definition) is 1. The Morgan fingerprint density at radius 3 is 2.41 bits per heavy atom. The largest absolute Gasteiger partial charge is 0.506 e. The van der Waals surface area contributed by atoms with Crippen LogP contribution in [0.15, 0.2) is 29.4 Å². The fourth-order valence-corrected chi connectivity index (χ4v) is 3.56. The first-order valence-electron chi connectivity index (χ1n) is 6.09. The Morgan fingerprint density at radius 1 is 1.18 bits per heavy atom. The van der Waals surface area contributed by atoms with Crippen molar-refractivity contribution in [3.63, 3.8) is 0 Å². The number of pyridine rings is 2. The molecule has 0 saturated carbocycles. The molecule has 0 fully saturated rings. The lowest BCUT2D eigenvalue weighted by Gasteiger charge is -2.13. The normalized spacial score (nSPS) is 11.5. The van der Waals surface area contributed by atoms with Gasteiger partial charge in [-0.05, 0) is 6.07 Å². The second-order valence-electron chi connectivity index (χ2n) is 4.75. The molecule has 2 aromatic rings. The Kier molecular flexibility index (Phi) is 4.79. The Balaban J connectivity index is 2.36. The van der Waals surface area contributed by atoms with Gasteiger partial charge < -0.3 is 10.0 Å². The minimum absolute atomic E-state index is 0.0113. The average Bonchev–Trinajstić information content (AvgIpc) is 2.41. The van der Waals surface area contributed by atoms with Crippen LogP contribution in [-0.4, -0.2) is 37.6 Å². The zero-order valence-corrected chi connectivity index (χ0v) is 14.1. The molecule has 0 aliphatic rings. The molecule has 0 saturated heterocycles. The average molecular weight is 362 g/mol. The van der Waals surface area contributed by atoms with Crippen LogP contribution < -0.4 is 4.90 Å². The second-order valence-corrected chi connectivity index (χ2v) is 7.58. The third kappa shape index (κ3) is 3.60. The molecule has 0 atom stereocenters. The Hall–Kier alpha value is -1.57. The van der Waals surface area contributed by atoms with Gasteiger partial charge in [-0.15, -0.1) is 0 Å². The minimum Gasteiger partial charge on any atom is -0.506 e. The minimum atomic E-state index is -3.74. The highest BCUT2D eigenvalue weighted by Crippen LogP contribution is 2.28. The molecule has 0 radical (unpaired) electrons. The van der Waals surface area contributed by atoms with E-state index in [0.717, 1.165) is 0 Å². The van der Waals surface area contributed by atoms with Crippen LogP contribution in [0.2, 0.25) is 10.0 Å². The van der Waals surface area contributed by atoms with Gasteiger partial charge in [0.25, 0.3) is 0 Å². The van der Waals surface area contributed by atoms with Crippen molar-refractivity contribution < 1.29 is 13.5 Å². The van der Waals surface area contributed by atoms with Crippen LogP contribution >= 0.6 is 23.2 Å². The maximum atomic E-state index is 12.4. The molecule has 0 bridgehead atoms. The summed E-state index contributed by atoms with van der Waals surface area (Å²) in [6.45, 7) is 0. The van der Waals surface area contributed by atoms with Gasteiger partial charge in [0.15, 0.2) is 9.84 Å². The molecule has 22 heavy (non-hydrogen) atoms. The highest BCUT2D eigenvalue weighted by atomic mass is 35.5. The summed E-state index contributed by atoms with van der Waals surface area (Å²) in [5.74, 6) is -0.289. The second kappa shape index (κ2) is 6.28. The van der Waals surface area contributed by atoms with Crippen molar-refractivity contribution in [1.29, 1.82) is 0 Å². The maximum Gasteiger partial charge on any atom is 0.185 e. The van der Waals surface area contributed by atoms with Crippen LogP contribution in [0.3, 0.4) is 0 Å². The van der Waals surface area contributed by atoms with Crippen molar-refractivity contribution in [2.45, 2.75) is 10.6 Å². The highest BCUT2D eigenvalue weighted by molar-refractivity contribution is 7.90. The fraction of sp³-hybridized carbons (Fsp3) is 0.231. The molecular weight excluding hydrogens is 349 g/mol. The van der Waals surface area contributed by atoms with Crippen molar-refractivity contribution in [3.8, 4) is 5.75 Å². The zero-order chi connectivity index (χ0) is 16.5. The first-order valence-corrected chi connectivity index (χ1v) is 8.50. The standard InChI is InChI=1S/C13H13Cl2N3O3S/c1-18(2)13-10(15)4-9(6-17-13)22(20,21)7-11-12(19)3-8(14)5-16-11/h3-6,19H,7H2,1-2H3. The summed E-state index contributed by atoms with van der Waals surface area (Å²) in [6, 6.07) is 2.56. The molecule has 2 rings (SSSR count). The molecule has 9 heteroatoms. The van der Waals surface area contributed by atoms with Crippen LogP contribution in [0, 0.1) is 0 Å². The number of nitrogens with zero attached hydrogens (tertiary/aromatic N) is 3. The van der Waals surface area contributed by atoms with Gasteiger partial charge in [-0.3, -0.25) is 4.98 Å². The number of sulfone groups is 1. The van der Waals surface area contributed by atoms with Crippen molar-refractivity contribution in [3.05, 3.63) is 40.3 Å². The van der Waals surface area contributed by atoms with E-state index in [0.29, 0.717) is 5.82 Å². The first kappa shape index (κ1) is 16.8. The number of hydrogen-bond acceptors (Lipinski definition) is 6. The molecule has 2 aromatic heterocycles. The van der Waals surface area contributed by atoms with Crippen molar-refractivity contribution >= 4 is 38.9 Å². The molecule has 0 aliphatic carbocycles. The number of aromatic hydroxyl groups is 1. The fourth-order valence-electron chi connectivity index (χ4n) is 1.74. The van der Waals surface area contributed by atoms with E-state index in [9.17, 15) is 13.5 Å². The summed E-state index contributed by atoms with van der Waals surface area (Å²) in [7, 11) is -0.249. The molecule has 2 heterocycles. The van der Waals surface area contributed by atoms with Gasteiger partial charge in [-0.2, -0.15) is 0 Å².